The molecule has 0 saturated carbocycles. The first-order valence-electron chi connectivity index (χ1n) is 19.4. The second-order valence-corrected chi connectivity index (χ2v) is 15.0. The summed E-state index contributed by atoms with van der Waals surface area (Å²) in [6.45, 7) is 0. The summed E-state index contributed by atoms with van der Waals surface area (Å²) in [6, 6.07) is 49.1. The van der Waals surface area contributed by atoms with Gasteiger partial charge in [0.25, 0.3) is 0 Å². The van der Waals surface area contributed by atoms with E-state index < -0.39 is 23.3 Å². The molecule has 0 fully saturated rings. The first-order valence-corrected chi connectivity index (χ1v) is 19.4. The van der Waals surface area contributed by atoms with Crippen LogP contribution >= 0.6 is 0 Å². The summed E-state index contributed by atoms with van der Waals surface area (Å²) in [7, 11) is 0. The van der Waals surface area contributed by atoms with Gasteiger partial charge in [-0.1, -0.05) is 60.7 Å². The summed E-state index contributed by atoms with van der Waals surface area (Å²) in [5.41, 5.74) is 4.47. The Kier molecular flexibility index (Phi) is 7.32. The Morgan fingerprint density at radius 3 is 1.00 bits per heavy atom. The van der Waals surface area contributed by atoms with E-state index in [0.717, 1.165) is 53.9 Å². The Balaban J connectivity index is 1.04. The van der Waals surface area contributed by atoms with Gasteiger partial charge >= 0.3 is 0 Å². The van der Waals surface area contributed by atoms with Crippen molar-refractivity contribution >= 4 is 110 Å². The second kappa shape index (κ2) is 12.8. The normalized spacial score (nSPS) is 12.0. The topological polar surface area (TPSA) is 32.8 Å². The Bertz CT molecular complexity index is 3370. The first-order chi connectivity index (χ1) is 29.4. The van der Waals surface area contributed by atoms with Crippen molar-refractivity contribution in [2.45, 2.75) is 0 Å². The zero-order valence-corrected chi connectivity index (χ0v) is 31.4. The number of para-hydroxylation sites is 4. The van der Waals surface area contributed by atoms with E-state index in [0.29, 0.717) is 33.7 Å². The standard InChI is InChI=1S/C52H28F4N2O2/c53-39-9-1-5-13-43(39)57(44-14-6-2-10-40(44)54)31-19-23-33-37-25-29-18-22-36-50-30(17-21-35(49(29)50)51(37)59-47(33)27-31)26-38-34-24-20-32(28-48(34)60-52(36)38)58(45-15-7-3-11-41(45)55)46-16-8-4-12-42(46)56/h1-28H. The van der Waals surface area contributed by atoms with Gasteiger partial charge in [0.05, 0.1) is 34.1 Å². The number of rotatable bonds is 6. The third-order valence-corrected chi connectivity index (χ3v) is 11.6. The highest BCUT2D eigenvalue weighted by Crippen LogP contribution is 2.48. The Labute approximate surface area is 338 Å². The molecule has 10 aromatic carbocycles. The van der Waals surface area contributed by atoms with Crippen LogP contribution in [-0.4, -0.2) is 0 Å². The van der Waals surface area contributed by atoms with E-state index in [1.54, 1.807) is 82.6 Å². The molecule has 0 N–H and O–H groups in total. The average molecular weight is 789 g/mol. The first kappa shape index (κ1) is 34.2. The number of fused-ring (bicyclic) bond motifs is 8. The molecule has 0 aliphatic rings. The predicted octanol–water partition coefficient (Wildman–Crippen LogP) is 15.9. The van der Waals surface area contributed by atoms with Crippen molar-refractivity contribution in [1.29, 1.82) is 0 Å². The summed E-state index contributed by atoms with van der Waals surface area (Å²) in [5.74, 6) is -1.94. The second-order valence-electron chi connectivity index (χ2n) is 15.0. The van der Waals surface area contributed by atoms with Crippen molar-refractivity contribution in [2.75, 3.05) is 9.80 Å². The van der Waals surface area contributed by atoms with Gasteiger partial charge in [-0.25, -0.2) is 17.6 Å². The fraction of sp³-hybridized carbons (Fsp3) is 0. The molecule has 0 atom stereocenters. The van der Waals surface area contributed by atoms with Gasteiger partial charge in [-0.3, -0.25) is 0 Å². The Hall–Kier alpha value is -7.84. The van der Waals surface area contributed by atoms with E-state index in [9.17, 15) is 0 Å². The third-order valence-electron chi connectivity index (χ3n) is 11.6. The molecule has 2 heterocycles. The molecule has 0 bridgehead atoms. The van der Waals surface area contributed by atoms with Crippen LogP contribution in [0, 0.1) is 23.3 Å². The molecular formula is C52H28F4N2O2. The fourth-order valence-electron chi connectivity index (χ4n) is 9.00. The van der Waals surface area contributed by atoms with Gasteiger partial charge < -0.3 is 18.6 Å². The number of furan rings is 2. The smallest absolute Gasteiger partial charge is 0.147 e. The van der Waals surface area contributed by atoms with Crippen LogP contribution in [0.3, 0.4) is 0 Å². The van der Waals surface area contributed by atoms with Crippen LogP contribution in [0.1, 0.15) is 0 Å². The van der Waals surface area contributed by atoms with Crippen molar-refractivity contribution < 1.29 is 26.4 Å². The molecule has 60 heavy (non-hydrogen) atoms. The number of benzene rings is 10. The molecule has 0 amide bonds. The minimum Gasteiger partial charge on any atom is -0.455 e. The van der Waals surface area contributed by atoms with Crippen LogP contribution in [0.2, 0.25) is 0 Å². The molecule has 2 aromatic heterocycles. The third kappa shape index (κ3) is 4.97. The SMILES string of the molecule is Fc1ccccc1N(c1ccc2c(c1)oc1c2cc2ccc3c4oc5cc(N(c6ccccc6F)c6ccccc6F)ccc5c4cc4ccc1c2c43)c1ccccc1F. The lowest BCUT2D eigenvalue weighted by Gasteiger charge is -2.26. The highest BCUT2D eigenvalue weighted by atomic mass is 19.1. The van der Waals surface area contributed by atoms with E-state index >= 15 is 17.6 Å². The quantitative estimate of drug-likeness (QED) is 0.124. The largest absolute Gasteiger partial charge is 0.455 e. The maximum absolute atomic E-state index is 15.3. The van der Waals surface area contributed by atoms with Gasteiger partial charge in [-0.05, 0) is 108 Å². The van der Waals surface area contributed by atoms with E-state index in [1.807, 2.05) is 36.4 Å². The molecule has 12 aromatic rings. The van der Waals surface area contributed by atoms with Crippen LogP contribution in [0.25, 0.3) is 76.2 Å². The van der Waals surface area contributed by atoms with E-state index in [2.05, 4.69) is 36.4 Å². The maximum atomic E-state index is 15.3. The molecule has 0 unspecified atom stereocenters. The molecule has 0 saturated heterocycles. The Morgan fingerprint density at radius 2 is 0.650 bits per heavy atom. The van der Waals surface area contributed by atoms with Crippen molar-refractivity contribution in [1.82, 2.24) is 0 Å². The molecule has 4 nitrogen and oxygen atoms in total. The molecule has 0 radical (unpaired) electrons. The Morgan fingerprint density at radius 1 is 0.317 bits per heavy atom. The molecule has 0 spiro atoms. The van der Waals surface area contributed by atoms with Gasteiger partial charge in [0.2, 0.25) is 0 Å². The lowest BCUT2D eigenvalue weighted by Crippen LogP contribution is -2.13. The molecule has 0 aliphatic carbocycles. The van der Waals surface area contributed by atoms with E-state index in [4.69, 9.17) is 8.83 Å². The van der Waals surface area contributed by atoms with Crippen molar-refractivity contribution in [3.05, 3.63) is 193 Å². The molecular weight excluding hydrogens is 761 g/mol. The number of anilines is 6. The zero-order chi connectivity index (χ0) is 40.2. The van der Waals surface area contributed by atoms with Crippen LogP contribution in [-0.2, 0) is 0 Å². The minimum absolute atomic E-state index is 0.210. The fourth-order valence-corrected chi connectivity index (χ4v) is 9.00. The van der Waals surface area contributed by atoms with Gasteiger partial charge in [-0.15, -0.1) is 0 Å². The van der Waals surface area contributed by atoms with Crippen molar-refractivity contribution in [2.24, 2.45) is 0 Å². The molecule has 0 aliphatic heterocycles. The van der Waals surface area contributed by atoms with Gasteiger partial charge in [0, 0.05) is 55.2 Å². The number of hydrogen-bond acceptors (Lipinski definition) is 4. The van der Waals surface area contributed by atoms with Crippen molar-refractivity contribution in [3.8, 4) is 0 Å². The summed E-state index contributed by atoms with van der Waals surface area (Å²) >= 11 is 0. The molecule has 12 rings (SSSR count). The van der Waals surface area contributed by atoms with Crippen molar-refractivity contribution in [3.63, 3.8) is 0 Å². The highest BCUT2D eigenvalue weighted by molar-refractivity contribution is 6.34. The lowest BCUT2D eigenvalue weighted by molar-refractivity contribution is 0.619. The van der Waals surface area contributed by atoms with E-state index in [-0.39, 0.29) is 22.7 Å². The highest BCUT2D eigenvalue weighted by Gasteiger charge is 2.24. The maximum Gasteiger partial charge on any atom is 0.147 e. The number of nitrogens with zero attached hydrogens (tertiary/aromatic N) is 2. The summed E-state index contributed by atoms with van der Waals surface area (Å²) < 4.78 is 74.8. The van der Waals surface area contributed by atoms with Gasteiger partial charge in [0.1, 0.15) is 45.6 Å². The molecule has 286 valence electrons. The van der Waals surface area contributed by atoms with Gasteiger partial charge in [0.15, 0.2) is 0 Å². The minimum atomic E-state index is -0.486. The van der Waals surface area contributed by atoms with Crippen LogP contribution < -0.4 is 9.80 Å². The predicted molar refractivity (Wildman–Crippen MR) is 234 cm³/mol. The van der Waals surface area contributed by atoms with Gasteiger partial charge in [-0.2, -0.15) is 0 Å². The van der Waals surface area contributed by atoms with Crippen LogP contribution in [0.5, 0.6) is 0 Å². The summed E-state index contributed by atoms with van der Waals surface area (Å²) in [5, 5.41) is 9.49. The van der Waals surface area contributed by atoms with Crippen LogP contribution in [0.4, 0.5) is 51.7 Å². The zero-order valence-electron chi connectivity index (χ0n) is 31.4. The summed E-state index contributed by atoms with van der Waals surface area (Å²) in [6.07, 6.45) is 0. The number of hydrogen-bond donors (Lipinski definition) is 0. The molecule has 8 heteroatoms. The monoisotopic (exact) mass is 788 g/mol. The van der Waals surface area contributed by atoms with Crippen LogP contribution in [0.15, 0.2) is 179 Å². The lowest BCUT2D eigenvalue weighted by atomic mass is 9.91. The van der Waals surface area contributed by atoms with E-state index in [1.165, 1.54) is 24.3 Å². The number of halogens is 4. The average Bonchev–Trinajstić information content (AvgIpc) is 3.83. The summed E-state index contributed by atoms with van der Waals surface area (Å²) in [4.78, 5) is 3.13.